The van der Waals surface area contributed by atoms with E-state index in [0.717, 1.165) is 58.2 Å². The zero-order valence-electron chi connectivity index (χ0n) is 19.6. The Morgan fingerprint density at radius 1 is 1.12 bits per heavy atom. The molecule has 1 aromatic heterocycles. The number of piperidine rings is 1. The van der Waals surface area contributed by atoms with E-state index in [1.54, 1.807) is 0 Å². The number of amides is 1. The monoisotopic (exact) mass is 565 g/mol. The highest BCUT2D eigenvalue weighted by molar-refractivity contribution is 14.0. The van der Waals surface area contributed by atoms with Crippen molar-refractivity contribution in [2.45, 2.75) is 26.3 Å². The number of guanidine groups is 1. The zero-order valence-corrected chi connectivity index (χ0v) is 22.0. The Kier molecular flexibility index (Phi) is 9.40. The van der Waals surface area contributed by atoms with Gasteiger partial charge in [-0.2, -0.15) is 0 Å². The molecule has 0 saturated carbocycles. The van der Waals surface area contributed by atoms with Crippen LogP contribution in [0.2, 0.25) is 0 Å². The van der Waals surface area contributed by atoms with Crippen LogP contribution in [0.1, 0.15) is 26.3 Å². The number of hydrogen-bond donors (Lipinski definition) is 1. The summed E-state index contributed by atoms with van der Waals surface area (Å²) in [6.45, 7) is 10.3. The van der Waals surface area contributed by atoms with Gasteiger partial charge >= 0.3 is 0 Å². The molecule has 180 valence electrons. The third kappa shape index (κ3) is 6.39. The molecule has 2 fully saturated rings. The van der Waals surface area contributed by atoms with E-state index < -0.39 is 0 Å². The summed E-state index contributed by atoms with van der Waals surface area (Å²) in [6, 6.07) is 10.8. The number of likely N-dealkylation sites (tertiary alicyclic amines) is 1. The van der Waals surface area contributed by atoms with E-state index in [-0.39, 0.29) is 36.4 Å². The molecule has 0 aliphatic carbocycles. The molecule has 2 aliphatic heterocycles. The third-order valence-electron chi connectivity index (χ3n) is 6.58. The van der Waals surface area contributed by atoms with Crippen molar-refractivity contribution >= 4 is 41.5 Å². The number of carbonyl (C=O) groups is 1. The molecule has 0 bridgehead atoms. The van der Waals surface area contributed by atoms with Gasteiger partial charge in [0.05, 0.1) is 12.4 Å². The normalized spacial score (nSPS) is 21.5. The highest BCUT2D eigenvalue weighted by Crippen LogP contribution is 2.27. The zero-order chi connectivity index (χ0) is 22.3. The molecule has 0 spiro atoms. The van der Waals surface area contributed by atoms with Gasteiger partial charge in [-0.1, -0.05) is 25.1 Å². The van der Waals surface area contributed by atoms with Gasteiger partial charge < -0.3 is 24.6 Å². The number of piperazine rings is 1. The molecule has 33 heavy (non-hydrogen) atoms. The SMILES string of the molecule is CCNC(=NCC(=O)N1CCN(c2ccccc2)CC1)N1CCC(C)C(n2ccnc2)C1.I. The minimum atomic E-state index is 0. The molecule has 1 amide bonds. The van der Waals surface area contributed by atoms with Crippen LogP contribution in [0, 0.1) is 5.92 Å². The smallest absolute Gasteiger partial charge is 0.244 e. The minimum Gasteiger partial charge on any atom is -0.368 e. The predicted molar refractivity (Wildman–Crippen MR) is 143 cm³/mol. The summed E-state index contributed by atoms with van der Waals surface area (Å²) >= 11 is 0. The van der Waals surface area contributed by atoms with Gasteiger partial charge in [-0.05, 0) is 31.4 Å². The number of benzene rings is 1. The topological polar surface area (TPSA) is 69.0 Å². The molecule has 2 atom stereocenters. The van der Waals surface area contributed by atoms with Crippen molar-refractivity contribution in [3.8, 4) is 0 Å². The summed E-state index contributed by atoms with van der Waals surface area (Å²) in [5, 5.41) is 3.39. The molecule has 3 heterocycles. The van der Waals surface area contributed by atoms with E-state index in [9.17, 15) is 4.79 Å². The van der Waals surface area contributed by atoms with Crippen molar-refractivity contribution < 1.29 is 4.79 Å². The molecule has 2 saturated heterocycles. The first-order valence-electron chi connectivity index (χ1n) is 11.7. The lowest BCUT2D eigenvalue weighted by Gasteiger charge is -2.39. The molecule has 4 rings (SSSR count). The van der Waals surface area contributed by atoms with Crippen LogP contribution >= 0.6 is 24.0 Å². The van der Waals surface area contributed by atoms with Crippen molar-refractivity contribution in [1.82, 2.24) is 24.7 Å². The Morgan fingerprint density at radius 3 is 2.55 bits per heavy atom. The van der Waals surface area contributed by atoms with E-state index in [2.05, 4.69) is 62.8 Å². The molecule has 1 aromatic carbocycles. The number of halogens is 1. The number of imidazole rings is 1. The van der Waals surface area contributed by atoms with E-state index >= 15 is 0 Å². The van der Waals surface area contributed by atoms with E-state index in [1.165, 1.54) is 5.69 Å². The number of aromatic nitrogens is 2. The maximum atomic E-state index is 12.9. The second kappa shape index (κ2) is 12.2. The van der Waals surface area contributed by atoms with Gasteiger partial charge in [0.2, 0.25) is 5.91 Å². The molecule has 1 N–H and O–H groups in total. The number of para-hydroxylation sites is 1. The fourth-order valence-electron chi connectivity index (χ4n) is 4.62. The van der Waals surface area contributed by atoms with Crippen molar-refractivity contribution in [1.29, 1.82) is 0 Å². The molecule has 0 radical (unpaired) electrons. The maximum Gasteiger partial charge on any atom is 0.244 e. The molecular formula is C24H36IN7O. The summed E-state index contributed by atoms with van der Waals surface area (Å²) in [4.78, 5) is 28.4. The highest BCUT2D eigenvalue weighted by Gasteiger charge is 2.29. The quantitative estimate of drug-likeness (QED) is 0.343. The number of rotatable bonds is 5. The third-order valence-corrected chi connectivity index (χ3v) is 6.58. The maximum absolute atomic E-state index is 12.9. The average Bonchev–Trinajstić information content (AvgIpc) is 3.37. The number of nitrogens with one attached hydrogen (secondary N) is 1. The van der Waals surface area contributed by atoms with E-state index in [4.69, 9.17) is 4.99 Å². The van der Waals surface area contributed by atoms with Crippen molar-refractivity contribution in [3.63, 3.8) is 0 Å². The summed E-state index contributed by atoms with van der Waals surface area (Å²) in [6.07, 6.45) is 6.85. The van der Waals surface area contributed by atoms with Gasteiger partial charge in [0.15, 0.2) is 5.96 Å². The second-order valence-electron chi connectivity index (χ2n) is 8.66. The first-order valence-corrected chi connectivity index (χ1v) is 11.7. The van der Waals surface area contributed by atoms with E-state index in [0.29, 0.717) is 12.0 Å². The first kappa shape index (κ1) is 25.3. The fourth-order valence-corrected chi connectivity index (χ4v) is 4.62. The molecule has 9 heteroatoms. The van der Waals surface area contributed by atoms with Crippen LogP contribution in [0.15, 0.2) is 54.0 Å². The number of carbonyl (C=O) groups excluding carboxylic acids is 1. The minimum absolute atomic E-state index is 0. The Bertz CT molecular complexity index is 881. The van der Waals surface area contributed by atoms with Crippen LogP contribution in [0.3, 0.4) is 0 Å². The van der Waals surface area contributed by atoms with Gasteiger partial charge in [0, 0.05) is 63.9 Å². The second-order valence-corrected chi connectivity index (χ2v) is 8.66. The van der Waals surface area contributed by atoms with Crippen LogP contribution in [-0.2, 0) is 4.79 Å². The molecule has 8 nitrogen and oxygen atoms in total. The average molecular weight is 566 g/mol. The summed E-state index contributed by atoms with van der Waals surface area (Å²) < 4.78 is 2.19. The van der Waals surface area contributed by atoms with Crippen LogP contribution in [0.25, 0.3) is 0 Å². The van der Waals surface area contributed by atoms with Gasteiger partial charge in [0.1, 0.15) is 6.54 Å². The molecule has 2 unspecified atom stereocenters. The van der Waals surface area contributed by atoms with Crippen LogP contribution in [-0.4, -0.2) is 83.6 Å². The lowest BCUT2D eigenvalue weighted by atomic mass is 9.93. The predicted octanol–water partition coefficient (Wildman–Crippen LogP) is 2.70. The Morgan fingerprint density at radius 2 is 1.88 bits per heavy atom. The standard InChI is InChI=1S/C24H35N7O.HI/c1-3-26-24(30-11-9-20(2)22(18-30)31-12-10-25-19-31)27-17-23(32)29-15-13-28(14-16-29)21-7-5-4-6-8-21;/h4-8,10,12,19-20,22H,3,9,11,13-18H2,1-2H3,(H,26,27);1H. The fraction of sp³-hybridized carbons (Fsp3) is 0.542. The van der Waals surface area contributed by atoms with Gasteiger partial charge in [0.25, 0.3) is 0 Å². The largest absolute Gasteiger partial charge is 0.368 e. The summed E-state index contributed by atoms with van der Waals surface area (Å²) in [5.41, 5.74) is 1.22. The Labute approximate surface area is 214 Å². The van der Waals surface area contributed by atoms with Crippen molar-refractivity contribution in [2.75, 3.05) is 57.3 Å². The Balaban J connectivity index is 0.00000306. The van der Waals surface area contributed by atoms with Gasteiger partial charge in [-0.25, -0.2) is 9.98 Å². The van der Waals surface area contributed by atoms with Crippen LogP contribution in [0.4, 0.5) is 5.69 Å². The molecular weight excluding hydrogens is 529 g/mol. The van der Waals surface area contributed by atoms with E-state index in [1.807, 2.05) is 29.7 Å². The Hall–Kier alpha value is -2.30. The number of hydrogen-bond acceptors (Lipinski definition) is 4. The number of aliphatic imine (C=N–C) groups is 1. The van der Waals surface area contributed by atoms with Gasteiger partial charge in [-0.3, -0.25) is 4.79 Å². The van der Waals surface area contributed by atoms with Gasteiger partial charge in [-0.15, -0.1) is 24.0 Å². The van der Waals surface area contributed by atoms with Crippen LogP contribution < -0.4 is 10.2 Å². The molecule has 2 aromatic rings. The lowest BCUT2D eigenvalue weighted by molar-refractivity contribution is -0.129. The summed E-state index contributed by atoms with van der Waals surface area (Å²) in [5.74, 6) is 1.51. The van der Waals surface area contributed by atoms with Crippen molar-refractivity contribution in [2.24, 2.45) is 10.9 Å². The first-order chi connectivity index (χ1) is 15.7. The number of nitrogens with zero attached hydrogens (tertiary/aromatic N) is 6. The van der Waals surface area contributed by atoms with Crippen LogP contribution in [0.5, 0.6) is 0 Å². The lowest BCUT2D eigenvalue weighted by Crippen LogP contribution is -2.51. The van der Waals surface area contributed by atoms with Crippen molar-refractivity contribution in [3.05, 3.63) is 49.1 Å². The summed E-state index contributed by atoms with van der Waals surface area (Å²) in [7, 11) is 0. The highest BCUT2D eigenvalue weighted by atomic mass is 127. The number of anilines is 1. The molecule has 2 aliphatic rings.